The van der Waals surface area contributed by atoms with Crippen LogP contribution in [0.15, 0.2) is 22.6 Å². The molecule has 0 aliphatic carbocycles. The second kappa shape index (κ2) is 6.87. The highest BCUT2D eigenvalue weighted by Crippen LogP contribution is 2.24. The van der Waals surface area contributed by atoms with Gasteiger partial charge in [0.05, 0.1) is 19.1 Å². The monoisotopic (exact) mass is 319 g/mol. The molecule has 0 radical (unpaired) electrons. The van der Waals surface area contributed by atoms with E-state index in [0.29, 0.717) is 29.5 Å². The molecule has 1 aliphatic heterocycles. The maximum atomic E-state index is 13.2. The zero-order valence-electron chi connectivity index (χ0n) is 12.8. The average molecular weight is 319 g/mol. The van der Waals surface area contributed by atoms with Crippen LogP contribution in [0.25, 0.3) is 0 Å². The minimum absolute atomic E-state index is 0.107. The van der Waals surface area contributed by atoms with Crippen LogP contribution >= 0.6 is 0 Å². The van der Waals surface area contributed by atoms with Crippen molar-refractivity contribution in [3.8, 4) is 0 Å². The Hall–Kier alpha value is -2.28. The number of nitrogens with one attached hydrogen (secondary N) is 1. The van der Waals surface area contributed by atoms with Crippen molar-refractivity contribution >= 4 is 5.91 Å². The van der Waals surface area contributed by atoms with Gasteiger partial charge < -0.3 is 14.5 Å². The van der Waals surface area contributed by atoms with E-state index in [2.05, 4.69) is 15.5 Å². The van der Waals surface area contributed by atoms with Crippen LogP contribution < -0.4 is 5.32 Å². The lowest BCUT2D eigenvalue weighted by atomic mass is 10.0. The van der Waals surface area contributed by atoms with Crippen LogP contribution in [0.3, 0.4) is 0 Å². The van der Waals surface area contributed by atoms with E-state index in [9.17, 15) is 9.18 Å². The molecule has 1 aromatic carbocycles. The number of aryl methyl sites for hydroxylation is 1. The van der Waals surface area contributed by atoms with E-state index in [0.717, 1.165) is 19.4 Å². The SMILES string of the molecule is Cc1ccc(F)cc1C(=O)NCc1nnc(C2CCCOC2)o1. The van der Waals surface area contributed by atoms with Gasteiger partial charge in [0, 0.05) is 12.2 Å². The van der Waals surface area contributed by atoms with Crippen molar-refractivity contribution in [3.05, 3.63) is 46.9 Å². The van der Waals surface area contributed by atoms with Gasteiger partial charge in [-0.2, -0.15) is 0 Å². The Morgan fingerprint density at radius 2 is 2.30 bits per heavy atom. The van der Waals surface area contributed by atoms with E-state index in [-0.39, 0.29) is 18.4 Å². The predicted molar refractivity (Wildman–Crippen MR) is 79.4 cm³/mol. The fraction of sp³-hybridized carbons (Fsp3) is 0.438. The summed E-state index contributed by atoms with van der Waals surface area (Å²) in [4.78, 5) is 12.1. The first-order valence-electron chi connectivity index (χ1n) is 7.58. The Bertz CT molecular complexity index is 696. The molecule has 0 spiro atoms. The van der Waals surface area contributed by atoms with Crippen molar-refractivity contribution in [3.63, 3.8) is 0 Å². The molecule has 1 saturated heterocycles. The Kier molecular flexibility index (Phi) is 4.66. The van der Waals surface area contributed by atoms with E-state index >= 15 is 0 Å². The van der Waals surface area contributed by atoms with E-state index < -0.39 is 5.82 Å². The molecule has 1 fully saturated rings. The molecule has 1 aromatic heterocycles. The Balaban J connectivity index is 1.61. The molecular formula is C16H18FN3O3. The number of nitrogens with zero attached hydrogens (tertiary/aromatic N) is 2. The Morgan fingerprint density at radius 1 is 1.43 bits per heavy atom. The minimum atomic E-state index is -0.446. The smallest absolute Gasteiger partial charge is 0.252 e. The molecule has 0 saturated carbocycles. The summed E-state index contributed by atoms with van der Waals surface area (Å²) in [5.74, 6) is 0.163. The zero-order valence-corrected chi connectivity index (χ0v) is 12.8. The van der Waals surface area contributed by atoms with Crippen LogP contribution in [-0.2, 0) is 11.3 Å². The molecule has 6 nitrogen and oxygen atoms in total. The molecule has 0 bridgehead atoms. The highest BCUT2D eigenvalue weighted by Gasteiger charge is 2.22. The molecule has 7 heteroatoms. The van der Waals surface area contributed by atoms with Gasteiger partial charge in [-0.1, -0.05) is 6.07 Å². The third-order valence-corrected chi connectivity index (χ3v) is 3.84. The summed E-state index contributed by atoms with van der Waals surface area (Å²) in [5, 5.41) is 10.6. The van der Waals surface area contributed by atoms with Crippen molar-refractivity contribution in [2.24, 2.45) is 0 Å². The van der Waals surface area contributed by atoms with Gasteiger partial charge in [-0.15, -0.1) is 10.2 Å². The van der Waals surface area contributed by atoms with Gasteiger partial charge in [-0.3, -0.25) is 4.79 Å². The third-order valence-electron chi connectivity index (χ3n) is 3.84. The molecule has 2 heterocycles. The highest BCUT2D eigenvalue weighted by atomic mass is 19.1. The van der Waals surface area contributed by atoms with Crippen molar-refractivity contribution in [1.82, 2.24) is 15.5 Å². The first kappa shape index (κ1) is 15.6. The number of halogens is 1. The van der Waals surface area contributed by atoms with Gasteiger partial charge in [0.1, 0.15) is 5.82 Å². The quantitative estimate of drug-likeness (QED) is 0.936. The Morgan fingerprint density at radius 3 is 3.09 bits per heavy atom. The molecule has 2 aromatic rings. The highest BCUT2D eigenvalue weighted by molar-refractivity contribution is 5.95. The summed E-state index contributed by atoms with van der Waals surface area (Å²) >= 11 is 0. The number of aromatic nitrogens is 2. The van der Waals surface area contributed by atoms with Crippen LogP contribution in [0.2, 0.25) is 0 Å². The number of benzene rings is 1. The topological polar surface area (TPSA) is 77.2 Å². The molecule has 23 heavy (non-hydrogen) atoms. The minimum Gasteiger partial charge on any atom is -0.423 e. The number of hydrogen-bond acceptors (Lipinski definition) is 5. The largest absolute Gasteiger partial charge is 0.423 e. The summed E-state index contributed by atoms with van der Waals surface area (Å²) in [5.41, 5.74) is 1.000. The van der Waals surface area contributed by atoms with Gasteiger partial charge in [-0.05, 0) is 37.5 Å². The number of rotatable bonds is 4. The number of carbonyl (C=O) groups is 1. The fourth-order valence-electron chi connectivity index (χ4n) is 2.53. The summed E-state index contributed by atoms with van der Waals surface area (Å²) in [6, 6.07) is 4.10. The lowest BCUT2D eigenvalue weighted by Gasteiger charge is -2.18. The van der Waals surface area contributed by atoms with Crippen LogP contribution in [0, 0.1) is 12.7 Å². The Labute approximate surface area is 133 Å². The van der Waals surface area contributed by atoms with Gasteiger partial charge in [0.2, 0.25) is 11.8 Å². The first-order valence-corrected chi connectivity index (χ1v) is 7.58. The van der Waals surface area contributed by atoms with Crippen molar-refractivity contribution < 1.29 is 18.3 Å². The lowest BCUT2D eigenvalue weighted by Crippen LogP contribution is -2.24. The molecule has 1 amide bonds. The van der Waals surface area contributed by atoms with E-state index in [1.165, 1.54) is 12.1 Å². The molecule has 122 valence electrons. The summed E-state index contributed by atoms with van der Waals surface area (Å²) in [7, 11) is 0. The van der Waals surface area contributed by atoms with Crippen molar-refractivity contribution in [1.29, 1.82) is 0 Å². The molecule has 3 rings (SSSR count). The molecule has 1 unspecified atom stereocenters. The van der Waals surface area contributed by atoms with E-state index in [4.69, 9.17) is 9.15 Å². The van der Waals surface area contributed by atoms with Crippen LogP contribution in [0.5, 0.6) is 0 Å². The second-order valence-corrected chi connectivity index (χ2v) is 5.59. The van der Waals surface area contributed by atoms with Gasteiger partial charge in [-0.25, -0.2) is 4.39 Å². The van der Waals surface area contributed by atoms with Gasteiger partial charge >= 0.3 is 0 Å². The number of amides is 1. The maximum Gasteiger partial charge on any atom is 0.252 e. The number of ether oxygens (including phenoxy) is 1. The lowest BCUT2D eigenvalue weighted by molar-refractivity contribution is 0.0720. The van der Waals surface area contributed by atoms with Gasteiger partial charge in [0.15, 0.2) is 0 Å². The van der Waals surface area contributed by atoms with Crippen LogP contribution in [0.1, 0.15) is 46.5 Å². The van der Waals surface area contributed by atoms with Crippen LogP contribution in [-0.4, -0.2) is 29.3 Å². The third kappa shape index (κ3) is 3.73. The van der Waals surface area contributed by atoms with Crippen LogP contribution in [0.4, 0.5) is 4.39 Å². The van der Waals surface area contributed by atoms with E-state index in [1.807, 2.05) is 0 Å². The number of carbonyl (C=O) groups excluding carboxylic acids is 1. The number of hydrogen-bond donors (Lipinski definition) is 1. The molecular weight excluding hydrogens is 301 g/mol. The predicted octanol–water partition coefficient (Wildman–Crippen LogP) is 2.34. The van der Waals surface area contributed by atoms with Crippen molar-refractivity contribution in [2.45, 2.75) is 32.2 Å². The first-order chi connectivity index (χ1) is 11.1. The normalized spacial score (nSPS) is 17.9. The zero-order chi connectivity index (χ0) is 16.2. The fourth-order valence-corrected chi connectivity index (χ4v) is 2.53. The summed E-state index contributed by atoms with van der Waals surface area (Å²) in [6.07, 6.45) is 1.93. The maximum absolute atomic E-state index is 13.2. The second-order valence-electron chi connectivity index (χ2n) is 5.59. The van der Waals surface area contributed by atoms with Gasteiger partial charge in [0.25, 0.3) is 5.91 Å². The summed E-state index contributed by atoms with van der Waals surface area (Å²) < 4.78 is 24.2. The van der Waals surface area contributed by atoms with E-state index in [1.54, 1.807) is 13.0 Å². The summed E-state index contributed by atoms with van der Waals surface area (Å²) in [6.45, 7) is 3.20. The standard InChI is InChI=1S/C16H18FN3O3/c1-10-4-5-12(17)7-13(10)15(21)18-8-14-19-20-16(23-14)11-3-2-6-22-9-11/h4-5,7,11H,2-3,6,8-9H2,1H3,(H,18,21). The van der Waals surface area contributed by atoms with Crippen molar-refractivity contribution in [2.75, 3.05) is 13.2 Å². The molecule has 1 atom stereocenters. The average Bonchev–Trinajstić information content (AvgIpc) is 3.05. The molecule has 1 aliphatic rings. The molecule has 1 N–H and O–H groups in total.